The molecule has 4 aromatic rings. The van der Waals surface area contributed by atoms with Crippen LogP contribution in [0, 0.1) is 0 Å². The minimum atomic E-state index is -0.574. The van der Waals surface area contributed by atoms with Gasteiger partial charge in [0, 0.05) is 11.9 Å². The summed E-state index contributed by atoms with van der Waals surface area (Å²) in [5.74, 6) is -0.750. The van der Waals surface area contributed by atoms with Gasteiger partial charge in [-0.15, -0.1) is 21.5 Å². The predicted octanol–water partition coefficient (Wildman–Crippen LogP) is 2.89. The molecular formula is C18H16N6O2S2. The fourth-order valence-corrected chi connectivity index (χ4v) is 4.35. The molecule has 3 aromatic heterocycles. The van der Waals surface area contributed by atoms with Crippen LogP contribution < -0.4 is 11.1 Å². The molecule has 0 unspecified atom stereocenters. The third-order valence-electron chi connectivity index (χ3n) is 4.19. The normalized spacial score (nSPS) is 11.2. The van der Waals surface area contributed by atoms with Gasteiger partial charge in [-0.1, -0.05) is 30.0 Å². The summed E-state index contributed by atoms with van der Waals surface area (Å²) in [6, 6.07) is 9.55. The largest absolute Gasteiger partial charge is 0.366 e. The van der Waals surface area contributed by atoms with Gasteiger partial charge in [0.05, 0.1) is 16.8 Å². The molecule has 0 aliphatic heterocycles. The van der Waals surface area contributed by atoms with Crippen LogP contribution in [0.2, 0.25) is 0 Å². The second kappa shape index (κ2) is 7.56. The van der Waals surface area contributed by atoms with Crippen molar-refractivity contribution in [2.24, 2.45) is 5.73 Å². The van der Waals surface area contributed by atoms with E-state index in [1.165, 1.54) is 23.1 Å². The van der Waals surface area contributed by atoms with E-state index in [4.69, 9.17) is 5.73 Å². The molecular weight excluding hydrogens is 396 g/mol. The number of aromatic nitrogens is 4. The molecule has 10 heteroatoms. The lowest BCUT2D eigenvalue weighted by atomic mass is 10.2. The van der Waals surface area contributed by atoms with Gasteiger partial charge < -0.3 is 15.6 Å². The molecule has 3 N–H and O–H groups in total. The number of benzene rings is 1. The van der Waals surface area contributed by atoms with Gasteiger partial charge in [-0.25, -0.2) is 4.98 Å². The third-order valence-corrected chi connectivity index (χ3v) is 5.85. The molecule has 142 valence electrons. The summed E-state index contributed by atoms with van der Waals surface area (Å²) >= 11 is 2.44. The highest BCUT2D eigenvalue weighted by atomic mass is 32.2. The Kier molecular flexibility index (Phi) is 4.97. The van der Waals surface area contributed by atoms with Crippen molar-refractivity contribution in [1.29, 1.82) is 0 Å². The second-order valence-corrected chi connectivity index (χ2v) is 7.75. The zero-order chi connectivity index (χ0) is 19.7. The van der Waals surface area contributed by atoms with Crippen LogP contribution in [-0.2, 0) is 11.3 Å². The smallest absolute Gasteiger partial charge is 0.251 e. The van der Waals surface area contributed by atoms with E-state index in [-0.39, 0.29) is 11.7 Å². The van der Waals surface area contributed by atoms with Gasteiger partial charge in [-0.05, 0) is 24.4 Å². The van der Waals surface area contributed by atoms with Crippen LogP contribution in [0.5, 0.6) is 0 Å². The number of primary amides is 1. The number of para-hydroxylation sites is 1. The first-order chi connectivity index (χ1) is 13.6. The van der Waals surface area contributed by atoms with E-state index in [9.17, 15) is 9.59 Å². The number of hydrogen-bond donors (Lipinski definition) is 2. The van der Waals surface area contributed by atoms with Crippen LogP contribution in [0.3, 0.4) is 0 Å². The summed E-state index contributed by atoms with van der Waals surface area (Å²) in [7, 11) is 0. The highest BCUT2D eigenvalue weighted by molar-refractivity contribution is 7.99. The van der Waals surface area contributed by atoms with E-state index in [0.717, 1.165) is 28.6 Å². The fourth-order valence-electron chi connectivity index (χ4n) is 2.96. The zero-order valence-electron chi connectivity index (χ0n) is 14.9. The molecule has 0 aliphatic rings. The van der Waals surface area contributed by atoms with Crippen molar-refractivity contribution < 1.29 is 9.59 Å². The van der Waals surface area contributed by atoms with Crippen molar-refractivity contribution in [3.05, 3.63) is 41.3 Å². The topological polar surface area (TPSA) is 116 Å². The Bertz CT molecular complexity index is 1200. The van der Waals surface area contributed by atoms with Crippen molar-refractivity contribution in [2.75, 3.05) is 11.1 Å². The molecule has 0 aliphatic carbocycles. The number of nitrogens with two attached hydrogens (primary N) is 1. The highest BCUT2D eigenvalue weighted by Crippen LogP contribution is 2.27. The van der Waals surface area contributed by atoms with E-state index in [0.29, 0.717) is 15.7 Å². The van der Waals surface area contributed by atoms with Crippen molar-refractivity contribution in [3.63, 3.8) is 0 Å². The molecule has 0 fully saturated rings. The van der Waals surface area contributed by atoms with Crippen LogP contribution in [0.1, 0.15) is 17.3 Å². The molecule has 0 saturated heterocycles. The summed E-state index contributed by atoms with van der Waals surface area (Å²) in [5, 5.41) is 14.7. The number of aryl methyl sites for hydroxylation is 1. The van der Waals surface area contributed by atoms with Crippen LogP contribution in [0.4, 0.5) is 5.00 Å². The first kappa shape index (κ1) is 18.4. The van der Waals surface area contributed by atoms with Crippen molar-refractivity contribution in [2.45, 2.75) is 18.6 Å². The summed E-state index contributed by atoms with van der Waals surface area (Å²) in [6.07, 6.45) is 0. The van der Waals surface area contributed by atoms with Gasteiger partial charge in [0.2, 0.25) is 11.1 Å². The van der Waals surface area contributed by atoms with E-state index in [2.05, 4.69) is 25.1 Å². The summed E-state index contributed by atoms with van der Waals surface area (Å²) in [5.41, 5.74) is 8.14. The average Bonchev–Trinajstić information content (AvgIpc) is 3.28. The molecule has 0 saturated carbocycles. The molecule has 2 amide bonds. The molecule has 28 heavy (non-hydrogen) atoms. The molecule has 3 heterocycles. The van der Waals surface area contributed by atoms with Crippen LogP contribution >= 0.6 is 23.1 Å². The van der Waals surface area contributed by atoms with E-state index in [1.807, 2.05) is 31.2 Å². The lowest BCUT2D eigenvalue weighted by Crippen LogP contribution is -2.18. The van der Waals surface area contributed by atoms with Crippen LogP contribution in [-0.4, -0.2) is 37.3 Å². The quantitative estimate of drug-likeness (QED) is 0.471. The maximum atomic E-state index is 12.2. The summed E-state index contributed by atoms with van der Waals surface area (Å²) in [4.78, 5) is 28.2. The Morgan fingerprint density at radius 2 is 2.07 bits per heavy atom. The zero-order valence-corrected chi connectivity index (χ0v) is 16.5. The number of anilines is 1. The predicted molar refractivity (Wildman–Crippen MR) is 111 cm³/mol. The lowest BCUT2D eigenvalue weighted by Gasteiger charge is -2.04. The average molecular weight is 413 g/mol. The number of nitrogens with zero attached hydrogens (tertiary/aromatic N) is 4. The number of thiophene rings is 1. The molecule has 0 bridgehead atoms. The van der Waals surface area contributed by atoms with Gasteiger partial charge in [0.25, 0.3) is 5.91 Å². The molecule has 4 rings (SSSR count). The van der Waals surface area contributed by atoms with Crippen molar-refractivity contribution in [3.8, 4) is 0 Å². The number of carbonyl (C=O) groups is 2. The second-order valence-electron chi connectivity index (χ2n) is 5.89. The Morgan fingerprint density at radius 1 is 1.25 bits per heavy atom. The molecule has 8 nitrogen and oxygen atoms in total. The Balaban J connectivity index is 1.53. The maximum Gasteiger partial charge on any atom is 0.251 e. The van der Waals surface area contributed by atoms with Gasteiger partial charge >= 0.3 is 0 Å². The van der Waals surface area contributed by atoms with Crippen LogP contribution in [0.15, 0.2) is 40.9 Å². The minimum absolute atomic E-state index is 0.0929. The number of thioether (sulfide) groups is 1. The van der Waals surface area contributed by atoms with Crippen molar-refractivity contribution >= 4 is 62.0 Å². The Labute approximate surface area is 168 Å². The van der Waals surface area contributed by atoms with Crippen molar-refractivity contribution in [1.82, 2.24) is 19.7 Å². The van der Waals surface area contributed by atoms with Gasteiger partial charge in [-0.3, -0.25) is 9.59 Å². The third kappa shape index (κ3) is 3.32. The van der Waals surface area contributed by atoms with E-state index in [1.54, 1.807) is 11.4 Å². The lowest BCUT2D eigenvalue weighted by molar-refractivity contribution is -0.113. The first-order valence-electron chi connectivity index (χ1n) is 8.50. The standard InChI is InChI=1S/C18H16N6O2S2/c1-2-24-12-6-4-3-5-10(12)14-16(24)21-18(23-22-14)28-9-13(25)20-17-11(15(19)26)7-8-27-17/h3-8H,2,9H2,1H3,(H2,19,26)(H,20,25). The summed E-state index contributed by atoms with van der Waals surface area (Å²) < 4.78 is 2.08. The van der Waals surface area contributed by atoms with E-state index < -0.39 is 5.91 Å². The minimum Gasteiger partial charge on any atom is -0.366 e. The Hall–Kier alpha value is -2.98. The number of hydrogen-bond acceptors (Lipinski definition) is 7. The number of fused-ring (bicyclic) bond motifs is 3. The fraction of sp³-hybridized carbons (Fsp3) is 0.167. The van der Waals surface area contributed by atoms with E-state index >= 15 is 0 Å². The number of nitrogens with one attached hydrogen (secondary N) is 1. The number of rotatable bonds is 6. The summed E-state index contributed by atoms with van der Waals surface area (Å²) in [6.45, 7) is 2.80. The number of carbonyl (C=O) groups excluding carboxylic acids is 2. The Morgan fingerprint density at radius 3 is 2.86 bits per heavy atom. The molecule has 0 atom stereocenters. The SMILES string of the molecule is CCn1c2ccccc2c2nnc(SCC(=O)Nc3sccc3C(N)=O)nc21. The monoisotopic (exact) mass is 412 g/mol. The molecule has 0 radical (unpaired) electrons. The molecule has 1 aromatic carbocycles. The van der Waals surface area contributed by atoms with Crippen LogP contribution in [0.25, 0.3) is 22.1 Å². The molecule has 0 spiro atoms. The number of amides is 2. The van der Waals surface area contributed by atoms with Gasteiger partial charge in [0.15, 0.2) is 5.65 Å². The maximum absolute atomic E-state index is 12.2. The van der Waals surface area contributed by atoms with Gasteiger partial charge in [0.1, 0.15) is 10.5 Å². The van der Waals surface area contributed by atoms with Gasteiger partial charge in [-0.2, -0.15) is 0 Å². The first-order valence-corrected chi connectivity index (χ1v) is 10.4. The highest BCUT2D eigenvalue weighted by Gasteiger charge is 2.16.